The molecule has 0 aromatic carbocycles. The average Bonchev–Trinajstić information content (AvgIpc) is 3.03. The smallest absolute Gasteiger partial charge is 0.422 e. The number of rotatable bonds is 4. The summed E-state index contributed by atoms with van der Waals surface area (Å²) in [6.45, 7) is 0.200. The van der Waals surface area contributed by atoms with E-state index in [1.165, 1.54) is 7.05 Å². The van der Waals surface area contributed by atoms with Crippen LogP contribution in [0, 0.1) is 0 Å². The second kappa shape index (κ2) is 7.07. The van der Waals surface area contributed by atoms with Crippen molar-refractivity contribution in [2.24, 2.45) is 0 Å². The van der Waals surface area contributed by atoms with Crippen LogP contribution in [-0.2, 0) is 0 Å². The van der Waals surface area contributed by atoms with Gasteiger partial charge < -0.3 is 15.0 Å². The van der Waals surface area contributed by atoms with Crippen LogP contribution in [0.2, 0.25) is 0 Å². The third-order valence-electron chi connectivity index (χ3n) is 4.02. The third kappa shape index (κ3) is 3.97. The molecule has 1 aliphatic heterocycles. The minimum absolute atomic E-state index is 0.114. The monoisotopic (exact) mass is 373 g/mol. The quantitative estimate of drug-likeness (QED) is 0.890. The topological polar surface area (TPSA) is 54.5 Å². The Morgan fingerprint density at radius 2 is 2.08 bits per heavy atom. The number of halogens is 3. The average molecular weight is 373 g/mol. The Morgan fingerprint density at radius 3 is 2.72 bits per heavy atom. The van der Waals surface area contributed by atoms with Crippen molar-refractivity contribution >= 4 is 33.3 Å². The van der Waals surface area contributed by atoms with Crippen molar-refractivity contribution < 1.29 is 22.7 Å². The Kier molecular flexibility index (Phi) is 5.03. The van der Waals surface area contributed by atoms with Crippen LogP contribution in [0.3, 0.4) is 0 Å². The predicted octanol–water partition coefficient (Wildman–Crippen LogP) is 3.59. The number of aromatic nitrogens is 1. The summed E-state index contributed by atoms with van der Waals surface area (Å²) in [4.78, 5) is 18.6. The molecule has 2 aromatic heterocycles. The van der Waals surface area contributed by atoms with Gasteiger partial charge >= 0.3 is 6.18 Å². The molecule has 9 heteroatoms. The first-order valence-corrected chi connectivity index (χ1v) is 8.86. The van der Waals surface area contributed by atoms with E-state index in [1.807, 2.05) is 4.90 Å². The number of piperidine rings is 1. The SMILES string of the molecule is CNC(=O)c1csc2c(OCC(F)(F)F)cc(N3CCCCC3)nc12. The fourth-order valence-corrected chi connectivity index (χ4v) is 3.77. The van der Waals surface area contributed by atoms with Gasteiger partial charge in [-0.05, 0) is 19.3 Å². The highest BCUT2D eigenvalue weighted by atomic mass is 32.1. The van der Waals surface area contributed by atoms with Gasteiger partial charge in [0, 0.05) is 31.6 Å². The van der Waals surface area contributed by atoms with E-state index in [0.29, 0.717) is 21.6 Å². The van der Waals surface area contributed by atoms with E-state index in [-0.39, 0.29) is 11.7 Å². The van der Waals surface area contributed by atoms with E-state index in [4.69, 9.17) is 4.74 Å². The van der Waals surface area contributed by atoms with Gasteiger partial charge in [-0.15, -0.1) is 11.3 Å². The lowest BCUT2D eigenvalue weighted by molar-refractivity contribution is -0.153. The summed E-state index contributed by atoms with van der Waals surface area (Å²) < 4.78 is 43.2. The molecule has 0 radical (unpaired) electrons. The molecule has 5 nitrogen and oxygen atoms in total. The maximum atomic E-state index is 12.6. The molecule has 25 heavy (non-hydrogen) atoms. The van der Waals surface area contributed by atoms with Crippen LogP contribution >= 0.6 is 11.3 Å². The van der Waals surface area contributed by atoms with Crippen molar-refractivity contribution in [3.05, 3.63) is 17.0 Å². The highest BCUT2D eigenvalue weighted by Gasteiger charge is 2.29. The van der Waals surface area contributed by atoms with Crippen LogP contribution in [0.25, 0.3) is 10.2 Å². The van der Waals surface area contributed by atoms with Crippen LogP contribution in [0.5, 0.6) is 5.75 Å². The predicted molar refractivity (Wildman–Crippen MR) is 90.6 cm³/mol. The van der Waals surface area contributed by atoms with Crippen molar-refractivity contribution in [3.63, 3.8) is 0 Å². The standard InChI is InChI=1S/C16H18F3N3O2S/c1-20-15(23)10-8-25-14-11(24-9-16(17,18)19)7-12(21-13(10)14)22-5-3-2-4-6-22/h7-8H,2-6,9H2,1H3,(H,20,23). The van der Waals surface area contributed by atoms with E-state index in [1.54, 1.807) is 11.4 Å². The lowest BCUT2D eigenvalue weighted by atomic mass is 10.1. The molecule has 0 atom stereocenters. The first kappa shape index (κ1) is 17.8. The minimum atomic E-state index is -4.43. The summed E-state index contributed by atoms with van der Waals surface area (Å²) in [6, 6.07) is 1.55. The number of nitrogens with zero attached hydrogens (tertiary/aromatic N) is 2. The molecule has 136 valence electrons. The Bertz CT molecular complexity index is 770. The lowest BCUT2D eigenvalue weighted by Gasteiger charge is -2.28. The molecule has 1 saturated heterocycles. The van der Waals surface area contributed by atoms with Gasteiger partial charge in [0.2, 0.25) is 0 Å². The Morgan fingerprint density at radius 1 is 1.36 bits per heavy atom. The number of amides is 1. The van der Waals surface area contributed by atoms with Gasteiger partial charge in [-0.25, -0.2) is 4.98 Å². The number of hydrogen-bond donors (Lipinski definition) is 1. The number of fused-ring (bicyclic) bond motifs is 1. The minimum Gasteiger partial charge on any atom is -0.482 e. The molecule has 0 saturated carbocycles. The highest BCUT2D eigenvalue weighted by Crippen LogP contribution is 2.37. The van der Waals surface area contributed by atoms with Gasteiger partial charge in [0.15, 0.2) is 6.61 Å². The van der Waals surface area contributed by atoms with Gasteiger partial charge in [-0.1, -0.05) is 0 Å². The number of nitrogens with one attached hydrogen (secondary N) is 1. The lowest BCUT2D eigenvalue weighted by Crippen LogP contribution is -2.30. The number of anilines is 1. The maximum absolute atomic E-state index is 12.6. The summed E-state index contributed by atoms with van der Waals surface area (Å²) in [6.07, 6.45) is -1.30. The molecule has 1 N–H and O–H groups in total. The molecule has 1 amide bonds. The molecular formula is C16H18F3N3O2S. The maximum Gasteiger partial charge on any atom is 0.422 e. The molecule has 0 aliphatic carbocycles. The van der Waals surface area contributed by atoms with E-state index in [2.05, 4.69) is 10.3 Å². The molecule has 1 aliphatic rings. The Hall–Kier alpha value is -2.03. The van der Waals surface area contributed by atoms with Crippen molar-refractivity contribution in [1.29, 1.82) is 0 Å². The molecular weight excluding hydrogens is 355 g/mol. The molecule has 2 aromatic rings. The van der Waals surface area contributed by atoms with E-state index in [0.717, 1.165) is 43.7 Å². The number of alkyl halides is 3. The highest BCUT2D eigenvalue weighted by molar-refractivity contribution is 7.18. The van der Waals surface area contributed by atoms with E-state index < -0.39 is 12.8 Å². The molecule has 3 heterocycles. The van der Waals surface area contributed by atoms with Crippen LogP contribution in [0.15, 0.2) is 11.4 Å². The zero-order chi connectivity index (χ0) is 18.0. The molecule has 0 unspecified atom stereocenters. The summed E-state index contributed by atoms with van der Waals surface area (Å²) >= 11 is 1.16. The van der Waals surface area contributed by atoms with Crippen LogP contribution in [-0.4, -0.2) is 43.8 Å². The zero-order valence-electron chi connectivity index (χ0n) is 13.7. The summed E-state index contributed by atoms with van der Waals surface area (Å²) in [5.74, 6) is 0.340. The number of carbonyl (C=O) groups is 1. The summed E-state index contributed by atoms with van der Waals surface area (Å²) in [7, 11) is 1.50. The van der Waals surface area contributed by atoms with Crippen LogP contribution < -0.4 is 15.0 Å². The second-order valence-electron chi connectivity index (χ2n) is 5.84. The Balaban J connectivity index is 2.05. The fraction of sp³-hybridized carbons (Fsp3) is 0.500. The van der Waals surface area contributed by atoms with Gasteiger partial charge in [0.25, 0.3) is 5.91 Å². The molecule has 0 spiro atoms. The zero-order valence-corrected chi connectivity index (χ0v) is 14.5. The summed E-state index contributed by atoms with van der Waals surface area (Å²) in [5, 5.41) is 4.12. The number of carbonyl (C=O) groups excluding carboxylic acids is 1. The molecule has 3 rings (SSSR count). The fourth-order valence-electron chi connectivity index (χ4n) is 2.81. The first-order chi connectivity index (χ1) is 11.9. The van der Waals surface area contributed by atoms with Crippen LogP contribution in [0.1, 0.15) is 29.6 Å². The number of ether oxygens (including phenoxy) is 1. The van der Waals surface area contributed by atoms with Crippen molar-refractivity contribution in [1.82, 2.24) is 10.3 Å². The van der Waals surface area contributed by atoms with Gasteiger partial charge in [-0.3, -0.25) is 4.79 Å². The largest absolute Gasteiger partial charge is 0.482 e. The molecule has 0 bridgehead atoms. The van der Waals surface area contributed by atoms with Crippen molar-refractivity contribution in [2.45, 2.75) is 25.4 Å². The van der Waals surface area contributed by atoms with E-state index in [9.17, 15) is 18.0 Å². The normalized spacial score (nSPS) is 15.4. The van der Waals surface area contributed by atoms with Gasteiger partial charge in [-0.2, -0.15) is 13.2 Å². The number of pyridine rings is 1. The van der Waals surface area contributed by atoms with Crippen LogP contribution in [0.4, 0.5) is 19.0 Å². The number of hydrogen-bond acceptors (Lipinski definition) is 5. The van der Waals surface area contributed by atoms with Crippen molar-refractivity contribution in [3.8, 4) is 5.75 Å². The van der Waals surface area contributed by atoms with Gasteiger partial charge in [0.05, 0.1) is 15.8 Å². The van der Waals surface area contributed by atoms with Gasteiger partial charge in [0.1, 0.15) is 11.6 Å². The van der Waals surface area contributed by atoms with Crippen molar-refractivity contribution in [2.75, 3.05) is 31.6 Å². The Labute approximate surface area is 146 Å². The first-order valence-electron chi connectivity index (χ1n) is 7.98. The number of thiophene rings is 1. The summed E-state index contributed by atoms with van der Waals surface area (Å²) in [5.41, 5.74) is 0.725. The molecule has 1 fully saturated rings. The third-order valence-corrected chi connectivity index (χ3v) is 5.00. The van der Waals surface area contributed by atoms with E-state index >= 15 is 0 Å². The second-order valence-corrected chi connectivity index (χ2v) is 6.72.